The fourth-order valence-corrected chi connectivity index (χ4v) is 2.05. The van der Waals surface area contributed by atoms with Crippen LogP contribution in [0.2, 0.25) is 0 Å². The fraction of sp³-hybridized carbons (Fsp3) is 0.143. The molecule has 7 heteroatoms. The number of ether oxygens (including phenoxy) is 2. The number of hydrogen-bond acceptors (Lipinski definition) is 6. The first-order chi connectivity index (χ1) is 10.2. The summed E-state index contributed by atoms with van der Waals surface area (Å²) < 4.78 is 11.5. The molecule has 3 aromatic heterocycles. The van der Waals surface area contributed by atoms with Gasteiger partial charge in [0.2, 0.25) is 5.88 Å². The van der Waals surface area contributed by atoms with Crippen LogP contribution in [-0.2, 0) is 4.74 Å². The SMILES string of the molecule is COC(=O)c1ccc(-c2cccc3cnnn23)nc1OC. The van der Waals surface area contributed by atoms with Crippen molar-refractivity contribution < 1.29 is 14.3 Å². The highest BCUT2D eigenvalue weighted by Crippen LogP contribution is 2.24. The third-order valence-electron chi connectivity index (χ3n) is 3.05. The van der Waals surface area contributed by atoms with E-state index in [1.807, 2.05) is 18.2 Å². The van der Waals surface area contributed by atoms with Crippen molar-refractivity contribution in [3.05, 3.63) is 42.1 Å². The van der Waals surface area contributed by atoms with Gasteiger partial charge in [-0.1, -0.05) is 11.3 Å². The summed E-state index contributed by atoms with van der Waals surface area (Å²) >= 11 is 0. The standard InChI is InChI=1S/C14H12N4O3/c1-20-13-10(14(19)21-2)6-7-11(16-13)12-5-3-4-9-8-15-17-18(9)12/h3-8H,1-2H3. The molecule has 0 spiro atoms. The Labute approximate surface area is 120 Å². The molecule has 3 heterocycles. The smallest absolute Gasteiger partial charge is 0.343 e. The van der Waals surface area contributed by atoms with E-state index >= 15 is 0 Å². The predicted octanol–water partition coefficient (Wildman–Crippen LogP) is 1.59. The minimum Gasteiger partial charge on any atom is -0.480 e. The highest BCUT2D eigenvalue weighted by Gasteiger charge is 2.16. The van der Waals surface area contributed by atoms with Gasteiger partial charge in [-0.25, -0.2) is 14.3 Å². The highest BCUT2D eigenvalue weighted by atomic mass is 16.5. The zero-order valence-electron chi connectivity index (χ0n) is 11.5. The van der Waals surface area contributed by atoms with Crippen molar-refractivity contribution in [1.29, 1.82) is 0 Å². The van der Waals surface area contributed by atoms with Gasteiger partial charge >= 0.3 is 5.97 Å². The Morgan fingerprint density at radius 1 is 1.19 bits per heavy atom. The summed E-state index contributed by atoms with van der Waals surface area (Å²) in [6, 6.07) is 8.97. The molecular formula is C14H12N4O3. The van der Waals surface area contributed by atoms with Gasteiger partial charge in [0.15, 0.2) is 0 Å². The maximum Gasteiger partial charge on any atom is 0.343 e. The second-order valence-electron chi connectivity index (χ2n) is 4.23. The van der Waals surface area contributed by atoms with Gasteiger partial charge in [0.1, 0.15) is 5.56 Å². The lowest BCUT2D eigenvalue weighted by Gasteiger charge is -2.09. The van der Waals surface area contributed by atoms with E-state index in [1.165, 1.54) is 14.2 Å². The molecule has 7 nitrogen and oxygen atoms in total. The summed E-state index contributed by atoms with van der Waals surface area (Å²) in [7, 11) is 2.76. The van der Waals surface area contributed by atoms with Crippen LogP contribution < -0.4 is 4.74 Å². The first-order valence-corrected chi connectivity index (χ1v) is 6.17. The van der Waals surface area contributed by atoms with Gasteiger partial charge in [0.25, 0.3) is 0 Å². The van der Waals surface area contributed by atoms with Gasteiger partial charge in [-0.15, -0.1) is 5.10 Å². The first-order valence-electron chi connectivity index (χ1n) is 6.17. The number of methoxy groups -OCH3 is 2. The molecule has 0 fully saturated rings. The lowest BCUT2D eigenvalue weighted by Crippen LogP contribution is -2.06. The van der Waals surface area contributed by atoms with Crippen LogP contribution in [0.1, 0.15) is 10.4 Å². The van der Waals surface area contributed by atoms with Crippen molar-refractivity contribution >= 4 is 11.5 Å². The van der Waals surface area contributed by atoms with E-state index in [4.69, 9.17) is 9.47 Å². The monoisotopic (exact) mass is 284 g/mol. The summed E-state index contributed by atoms with van der Waals surface area (Å²) in [5.74, 6) is -0.290. The Bertz CT molecular complexity index is 813. The average molecular weight is 284 g/mol. The van der Waals surface area contributed by atoms with Gasteiger partial charge < -0.3 is 9.47 Å². The van der Waals surface area contributed by atoms with Crippen LogP contribution in [0.5, 0.6) is 5.88 Å². The molecule has 0 saturated carbocycles. The van der Waals surface area contributed by atoms with Gasteiger partial charge in [-0.05, 0) is 24.3 Å². The van der Waals surface area contributed by atoms with E-state index in [-0.39, 0.29) is 11.4 Å². The third kappa shape index (κ3) is 2.18. The summed E-state index contributed by atoms with van der Waals surface area (Å²) in [4.78, 5) is 16.0. The molecular weight excluding hydrogens is 272 g/mol. The predicted molar refractivity (Wildman–Crippen MR) is 74.1 cm³/mol. The lowest BCUT2D eigenvalue weighted by atomic mass is 10.2. The van der Waals surface area contributed by atoms with E-state index in [0.717, 1.165) is 11.2 Å². The summed E-state index contributed by atoms with van der Waals surface area (Å²) in [6.45, 7) is 0. The Kier molecular flexibility index (Phi) is 3.23. The van der Waals surface area contributed by atoms with Crippen LogP contribution in [0.15, 0.2) is 36.5 Å². The van der Waals surface area contributed by atoms with Crippen LogP contribution in [0, 0.1) is 0 Å². The van der Waals surface area contributed by atoms with Crippen LogP contribution in [0.25, 0.3) is 16.9 Å². The second-order valence-corrected chi connectivity index (χ2v) is 4.23. The maximum absolute atomic E-state index is 11.6. The van der Waals surface area contributed by atoms with Crippen molar-refractivity contribution in [1.82, 2.24) is 19.8 Å². The molecule has 0 saturated heterocycles. The van der Waals surface area contributed by atoms with Crippen LogP contribution in [0.3, 0.4) is 0 Å². The van der Waals surface area contributed by atoms with Crippen LogP contribution >= 0.6 is 0 Å². The Morgan fingerprint density at radius 2 is 2.05 bits per heavy atom. The zero-order chi connectivity index (χ0) is 14.8. The van der Waals surface area contributed by atoms with Crippen LogP contribution in [0.4, 0.5) is 0 Å². The molecule has 106 valence electrons. The van der Waals surface area contributed by atoms with Crippen molar-refractivity contribution in [2.24, 2.45) is 0 Å². The third-order valence-corrected chi connectivity index (χ3v) is 3.05. The Hall–Kier alpha value is -2.96. The molecule has 21 heavy (non-hydrogen) atoms. The first kappa shape index (κ1) is 13.0. The summed E-state index contributed by atoms with van der Waals surface area (Å²) in [6.07, 6.45) is 1.66. The van der Waals surface area contributed by atoms with Gasteiger partial charge in [0, 0.05) is 0 Å². The van der Waals surface area contributed by atoms with Crippen molar-refractivity contribution in [2.75, 3.05) is 14.2 Å². The quantitative estimate of drug-likeness (QED) is 0.679. The molecule has 0 bridgehead atoms. The molecule has 3 aromatic rings. The number of nitrogens with zero attached hydrogens (tertiary/aromatic N) is 4. The second kappa shape index (κ2) is 5.20. The number of hydrogen-bond donors (Lipinski definition) is 0. The van der Waals surface area contributed by atoms with Crippen molar-refractivity contribution in [3.8, 4) is 17.3 Å². The molecule has 0 aliphatic rings. The molecule has 0 radical (unpaired) electrons. The van der Waals surface area contributed by atoms with Crippen molar-refractivity contribution in [3.63, 3.8) is 0 Å². The van der Waals surface area contributed by atoms with E-state index in [1.54, 1.807) is 22.8 Å². The highest BCUT2D eigenvalue weighted by molar-refractivity contribution is 5.92. The fourth-order valence-electron chi connectivity index (χ4n) is 2.05. The van der Waals surface area contributed by atoms with Gasteiger partial charge in [-0.3, -0.25) is 0 Å². The van der Waals surface area contributed by atoms with E-state index in [9.17, 15) is 4.79 Å². The molecule has 0 N–H and O–H groups in total. The molecule has 3 rings (SSSR count). The normalized spacial score (nSPS) is 10.6. The number of carbonyl (C=O) groups excluding carboxylic acids is 1. The number of pyridine rings is 2. The van der Waals surface area contributed by atoms with Gasteiger partial charge in [-0.2, -0.15) is 0 Å². The number of fused-ring (bicyclic) bond motifs is 1. The zero-order valence-corrected chi connectivity index (χ0v) is 11.5. The molecule has 0 atom stereocenters. The van der Waals surface area contributed by atoms with E-state index in [2.05, 4.69) is 15.3 Å². The average Bonchev–Trinajstić information content (AvgIpc) is 3.02. The van der Waals surface area contributed by atoms with Gasteiger partial charge in [0.05, 0.1) is 37.3 Å². The largest absolute Gasteiger partial charge is 0.480 e. The Morgan fingerprint density at radius 3 is 2.81 bits per heavy atom. The van der Waals surface area contributed by atoms with Crippen molar-refractivity contribution in [2.45, 2.75) is 0 Å². The molecule has 0 aliphatic heterocycles. The topological polar surface area (TPSA) is 78.6 Å². The lowest BCUT2D eigenvalue weighted by molar-refractivity contribution is 0.0596. The van der Waals surface area contributed by atoms with E-state index in [0.29, 0.717) is 5.69 Å². The minimum absolute atomic E-state index is 0.205. The van der Waals surface area contributed by atoms with Crippen LogP contribution in [-0.4, -0.2) is 40.0 Å². The molecule has 0 amide bonds. The summed E-state index contributed by atoms with van der Waals surface area (Å²) in [5.41, 5.74) is 2.50. The minimum atomic E-state index is -0.495. The molecule has 0 aliphatic carbocycles. The Balaban J connectivity index is 2.15. The maximum atomic E-state index is 11.6. The number of esters is 1. The molecule has 0 unspecified atom stereocenters. The number of aromatic nitrogens is 4. The molecule has 0 aromatic carbocycles. The number of carbonyl (C=O) groups is 1. The number of rotatable bonds is 3. The van der Waals surface area contributed by atoms with E-state index < -0.39 is 5.97 Å². The summed E-state index contributed by atoms with van der Waals surface area (Å²) in [5, 5.41) is 7.89.